The number of fused-ring (bicyclic) bond motifs is 1. The molecule has 20 heavy (non-hydrogen) atoms. The van der Waals surface area contributed by atoms with Crippen molar-refractivity contribution >= 4 is 0 Å². The molecule has 0 radical (unpaired) electrons. The summed E-state index contributed by atoms with van der Waals surface area (Å²) in [5.41, 5.74) is 5.74. The minimum Gasteiger partial charge on any atom is -0.495 e. The Balaban J connectivity index is 2.23. The molecular formula is C17H21NO2. The molecular weight excluding hydrogens is 250 g/mol. The summed E-state index contributed by atoms with van der Waals surface area (Å²) in [6, 6.07) is 8.33. The van der Waals surface area contributed by atoms with E-state index in [9.17, 15) is 5.11 Å². The standard InChI is InChI=1S/C17H21NO2/c1-11-7-8-17(20-3)15(9-11)18-12(2)10-13-14(18)5-4-6-16(13)19/h7-10,16,19H,4-6H2,1-3H3. The molecule has 1 unspecified atom stereocenters. The third-order valence-corrected chi connectivity index (χ3v) is 4.15. The lowest BCUT2D eigenvalue weighted by Crippen LogP contribution is -2.12. The van der Waals surface area contributed by atoms with E-state index in [1.54, 1.807) is 7.11 Å². The molecule has 0 fully saturated rings. The largest absolute Gasteiger partial charge is 0.495 e. The number of benzene rings is 1. The third kappa shape index (κ3) is 2.02. The fourth-order valence-corrected chi connectivity index (χ4v) is 3.19. The molecule has 0 spiro atoms. The Morgan fingerprint density at radius 2 is 2.05 bits per heavy atom. The first kappa shape index (κ1) is 13.3. The maximum absolute atomic E-state index is 10.2. The van der Waals surface area contributed by atoms with Crippen molar-refractivity contribution in [1.82, 2.24) is 4.57 Å². The van der Waals surface area contributed by atoms with Crippen LogP contribution in [0.2, 0.25) is 0 Å². The lowest BCUT2D eigenvalue weighted by Gasteiger charge is -2.21. The first-order valence-corrected chi connectivity index (χ1v) is 7.16. The van der Waals surface area contributed by atoms with Gasteiger partial charge in [-0.05, 0) is 56.9 Å². The molecule has 0 bridgehead atoms. The van der Waals surface area contributed by atoms with Crippen molar-refractivity contribution in [2.24, 2.45) is 0 Å². The summed E-state index contributed by atoms with van der Waals surface area (Å²) in [5.74, 6) is 0.872. The maximum Gasteiger partial charge on any atom is 0.142 e. The second kappa shape index (κ2) is 4.98. The van der Waals surface area contributed by atoms with Crippen LogP contribution < -0.4 is 4.74 Å². The molecule has 1 aliphatic rings. The van der Waals surface area contributed by atoms with Gasteiger partial charge in [0.15, 0.2) is 0 Å². The number of hydrogen-bond acceptors (Lipinski definition) is 2. The van der Waals surface area contributed by atoms with Gasteiger partial charge in [0.2, 0.25) is 0 Å². The highest BCUT2D eigenvalue weighted by Crippen LogP contribution is 2.36. The lowest BCUT2D eigenvalue weighted by atomic mass is 9.95. The molecule has 106 valence electrons. The quantitative estimate of drug-likeness (QED) is 0.907. The molecule has 1 atom stereocenters. The van der Waals surface area contributed by atoms with Crippen LogP contribution in [0, 0.1) is 13.8 Å². The van der Waals surface area contributed by atoms with Crippen molar-refractivity contribution in [3.63, 3.8) is 0 Å². The summed E-state index contributed by atoms with van der Waals surface area (Å²) in [6.07, 6.45) is 2.58. The monoisotopic (exact) mass is 271 g/mol. The van der Waals surface area contributed by atoms with Crippen molar-refractivity contribution in [2.75, 3.05) is 7.11 Å². The number of methoxy groups -OCH3 is 1. The van der Waals surface area contributed by atoms with E-state index in [2.05, 4.69) is 36.6 Å². The molecule has 1 aromatic heterocycles. The van der Waals surface area contributed by atoms with E-state index >= 15 is 0 Å². The lowest BCUT2D eigenvalue weighted by molar-refractivity contribution is 0.156. The van der Waals surface area contributed by atoms with Crippen LogP contribution in [0.15, 0.2) is 24.3 Å². The highest BCUT2D eigenvalue weighted by molar-refractivity contribution is 5.53. The zero-order valence-corrected chi connectivity index (χ0v) is 12.3. The fraction of sp³-hybridized carbons (Fsp3) is 0.412. The molecule has 2 aromatic rings. The predicted octanol–water partition coefficient (Wildman–Crippen LogP) is 3.47. The summed E-state index contributed by atoms with van der Waals surface area (Å²) in [6.45, 7) is 4.18. The van der Waals surface area contributed by atoms with Crippen LogP contribution in [0.5, 0.6) is 5.75 Å². The van der Waals surface area contributed by atoms with E-state index in [0.29, 0.717) is 0 Å². The Bertz CT molecular complexity index is 643. The normalized spacial score (nSPS) is 17.9. The van der Waals surface area contributed by atoms with E-state index in [1.165, 1.54) is 11.3 Å². The smallest absolute Gasteiger partial charge is 0.142 e. The average Bonchev–Trinajstić information content (AvgIpc) is 2.76. The molecule has 1 aromatic carbocycles. The van der Waals surface area contributed by atoms with Gasteiger partial charge in [-0.25, -0.2) is 0 Å². The number of rotatable bonds is 2. The van der Waals surface area contributed by atoms with Gasteiger partial charge in [-0.3, -0.25) is 0 Å². The van der Waals surface area contributed by atoms with Crippen molar-refractivity contribution in [1.29, 1.82) is 0 Å². The second-order valence-electron chi connectivity index (χ2n) is 5.61. The minimum atomic E-state index is -0.325. The number of aliphatic hydroxyl groups is 1. The van der Waals surface area contributed by atoms with Crippen LogP contribution in [-0.2, 0) is 6.42 Å². The third-order valence-electron chi connectivity index (χ3n) is 4.15. The summed E-state index contributed by atoms with van der Waals surface area (Å²) >= 11 is 0. The van der Waals surface area contributed by atoms with Gasteiger partial charge in [0, 0.05) is 17.0 Å². The summed E-state index contributed by atoms with van der Waals surface area (Å²) in [7, 11) is 1.70. The highest BCUT2D eigenvalue weighted by Gasteiger charge is 2.24. The topological polar surface area (TPSA) is 34.4 Å². The fourth-order valence-electron chi connectivity index (χ4n) is 3.19. The van der Waals surface area contributed by atoms with Crippen molar-refractivity contribution in [3.8, 4) is 11.4 Å². The van der Waals surface area contributed by atoms with Crippen LogP contribution in [0.3, 0.4) is 0 Å². The molecule has 1 aliphatic carbocycles. The van der Waals surface area contributed by atoms with Gasteiger partial charge in [0.25, 0.3) is 0 Å². The van der Waals surface area contributed by atoms with Gasteiger partial charge in [-0.1, -0.05) is 6.07 Å². The summed E-state index contributed by atoms with van der Waals surface area (Å²) in [4.78, 5) is 0. The van der Waals surface area contributed by atoms with Gasteiger partial charge >= 0.3 is 0 Å². The molecule has 0 saturated heterocycles. The van der Waals surface area contributed by atoms with Gasteiger partial charge in [0.1, 0.15) is 5.75 Å². The number of aryl methyl sites for hydroxylation is 2. The van der Waals surface area contributed by atoms with Crippen LogP contribution >= 0.6 is 0 Å². The Hall–Kier alpha value is -1.74. The number of hydrogen-bond donors (Lipinski definition) is 1. The van der Waals surface area contributed by atoms with E-state index < -0.39 is 0 Å². The number of aromatic nitrogens is 1. The molecule has 1 N–H and O–H groups in total. The van der Waals surface area contributed by atoms with Gasteiger partial charge < -0.3 is 14.4 Å². The van der Waals surface area contributed by atoms with Crippen LogP contribution in [0.25, 0.3) is 5.69 Å². The maximum atomic E-state index is 10.2. The van der Waals surface area contributed by atoms with Crippen molar-refractivity contribution < 1.29 is 9.84 Å². The van der Waals surface area contributed by atoms with Crippen LogP contribution in [0.4, 0.5) is 0 Å². The molecule has 3 nitrogen and oxygen atoms in total. The van der Waals surface area contributed by atoms with Gasteiger partial charge in [-0.2, -0.15) is 0 Å². The Labute approximate surface area is 119 Å². The summed E-state index contributed by atoms with van der Waals surface area (Å²) < 4.78 is 7.75. The van der Waals surface area contributed by atoms with Crippen LogP contribution in [-0.4, -0.2) is 16.8 Å². The van der Waals surface area contributed by atoms with Gasteiger partial charge in [-0.15, -0.1) is 0 Å². The minimum absolute atomic E-state index is 0.325. The van der Waals surface area contributed by atoms with Gasteiger partial charge in [0.05, 0.1) is 18.9 Å². The number of nitrogens with zero attached hydrogens (tertiary/aromatic N) is 1. The zero-order valence-electron chi connectivity index (χ0n) is 12.3. The van der Waals surface area contributed by atoms with E-state index in [-0.39, 0.29) is 6.10 Å². The first-order chi connectivity index (χ1) is 9.61. The Morgan fingerprint density at radius 1 is 1.25 bits per heavy atom. The van der Waals surface area contributed by atoms with E-state index in [0.717, 1.165) is 42.0 Å². The number of aliphatic hydroxyl groups excluding tert-OH is 1. The molecule has 3 rings (SSSR count). The molecule has 3 heteroatoms. The zero-order chi connectivity index (χ0) is 14.3. The Morgan fingerprint density at radius 3 is 2.80 bits per heavy atom. The van der Waals surface area contributed by atoms with Crippen molar-refractivity contribution in [3.05, 3.63) is 46.8 Å². The van der Waals surface area contributed by atoms with Crippen LogP contribution in [0.1, 0.15) is 41.5 Å². The predicted molar refractivity (Wildman–Crippen MR) is 79.7 cm³/mol. The molecule has 0 aliphatic heterocycles. The van der Waals surface area contributed by atoms with Crippen molar-refractivity contribution in [2.45, 2.75) is 39.2 Å². The number of ether oxygens (including phenoxy) is 1. The molecule has 0 saturated carbocycles. The first-order valence-electron chi connectivity index (χ1n) is 7.16. The second-order valence-corrected chi connectivity index (χ2v) is 5.61. The SMILES string of the molecule is COc1ccc(C)cc1-n1c(C)cc2c1CCCC2O. The summed E-state index contributed by atoms with van der Waals surface area (Å²) in [5, 5.41) is 10.2. The Kier molecular flexibility index (Phi) is 3.30. The van der Waals surface area contributed by atoms with E-state index in [1.807, 2.05) is 6.07 Å². The highest BCUT2D eigenvalue weighted by atomic mass is 16.5. The molecule has 1 heterocycles. The van der Waals surface area contributed by atoms with E-state index in [4.69, 9.17) is 4.74 Å². The average molecular weight is 271 g/mol. The molecule has 0 amide bonds.